The average molecular weight is 593 g/mol. The molecule has 0 spiro atoms. The second-order valence-corrected chi connectivity index (χ2v) is 14.1. The third kappa shape index (κ3) is 7.48. The summed E-state index contributed by atoms with van der Waals surface area (Å²) < 4.78 is 33.4. The van der Waals surface area contributed by atoms with Crippen molar-refractivity contribution in [2.75, 3.05) is 13.7 Å². The van der Waals surface area contributed by atoms with Crippen LogP contribution in [0.4, 0.5) is 0 Å². The number of ether oxygens (including phenoxy) is 1. The number of sulfonamides is 1. The molecular weight excluding hydrogens is 560 g/mol. The monoisotopic (exact) mass is 593 g/mol. The summed E-state index contributed by atoms with van der Waals surface area (Å²) >= 11 is 0. The lowest BCUT2D eigenvalue weighted by Gasteiger charge is -2.19. The lowest BCUT2D eigenvalue weighted by molar-refractivity contribution is 0.0870. The van der Waals surface area contributed by atoms with Gasteiger partial charge >= 0.3 is 0 Å². The van der Waals surface area contributed by atoms with E-state index in [2.05, 4.69) is 19.3 Å². The van der Waals surface area contributed by atoms with Crippen molar-refractivity contribution >= 4 is 45.5 Å². The van der Waals surface area contributed by atoms with Crippen molar-refractivity contribution < 1.29 is 22.7 Å². The van der Waals surface area contributed by atoms with Crippen molar-refractivity contribution in [1.29, 1.82) is 5.41 Å². The molecule has 2 heterocycles. The quantitative estimate of drug-likeness (QED) is 0.0996. The van der Waals surface area contributed by atoms with E-state index in [1.54, 1.807) is 12.1 Å². The van der Waals surface area contributed by atoms with Gasteiger partial charge in [0.1, 0.15) is 11.4 Å². The topological polar surface area (TPSA) is 135 Å². The van der Waals surface area contributed by atoms with Crippen LogP contribution >= 0.6 is 9.24 Å². The fraction of sp³-hybridized carbons (Fsp3) is 0.393. The normalized spacial score (nSPS) is 14.7. The zero-order valence-corrected chi connectivity index (χ0v) is 25.1. The first-order valence-corrected chi connectivity index (χ1v) is 15.4. The molecule has 2 aromatic heterocycles. The summed E-state index contributed by atoms with van der Waals surface area (Å²) in [5.41, 5.74) is 1.91. The second kappa shape index (κ2) is 12.7. The minimum Gasteiger partial charge on any atom is -0.493 e. The number of hydrogen-bond donors (Lipinski definition) is 1. The number of carbonyl (C=O) groups excluding carboxylic acids is 2. The SMILES string of the molecule is [B]C(C)(P)COc1cccc(CCCCc2nn(-c3ccc(C=N)cn3)c(C(=O)N(C)S(=O)(=O)C3CC3)c2C=O)c1. The largest absolute Gasteiger partial charge is 0.493 e. The number of benzene rings is 1. The summed E-state index contributed by atoms with van der Waals surface area (Å²) in [6.45, 7) is 2.22. The van der Waals surface area contributed by atoms with E-state index in [0.29, 0.717) is 54.1 Å². The van der Waals surface area contributed by atoms with E-state index in [-0.39, 0.29) is 17.1 Å². The van der Waals surface area contributed by atoms with Crippen molar-refractivity contribution in [3.8, 4) is 11.6 Å². The number of carbonyl (C=O) groups is 2. The Morgan fingerprint density at radius 2 is 2.00 bits per heavy atom. The van der Waals surface area contributed by atoms with E-state index >= 15 is 0 Å². The van der Waals surface area contributed by atoms with Crippen molar-refractivity contribution in [3.63, 3.8) is 0 Å². The van der Waals surface area contributed by atoms with Crippen molar-refractivity contribution in [3.05, 3.63) is 70.7 Å². The van der Waals surface area contributed by atoms with Gasteiger partial charge in [0.05, 0.1) is 31.0 Å². The predicted octanol–water partition coefficient (Wildman–Crippen LogP) is 3.35. The first-order chi connectivity index (χ1) is 19.4. The Kier molecular flexibility index (Phi) is 9.44. The lowest BCUT2D eigenvalue weighted by Crippen LogP contribution is -2.37. The maximum absolute atomic E-state index is 13.5. The van der Waals surface area contributed by atoms with Gasteiger partial charge < -0.3 is 10.1 Å². The van der Waals surface area contributed by atoms with Gasteiger partial charge in [0.25, 0.3) is 5.91 Å². The Morgan fingerprint density at radius 1 is 1.27 bits per heavy atom. The van der Waals surface area contributed by atoms with Crippen LogP contribution in [0.5, 0.6) is 5.75 Å². The molecule has 214 valence electrons. The van der Waals surface area contributed by atoms with Gasteiger partial charge in [0, 0.05) is 25.0 Å². The number of unbranched alkanes of at least 4 members (excludes halogenated alkanes) is 1. The molecule has 1 fully saturated rings. The molecule has 3 aromatic rings. The van der Waals surface area contributed by atoms with Crippen LogP contribution in [-0.4, -0.2) is 77.7 Å². The Balaban J connectivity index is 1.55. The summed E-state index contributed by atoms with van der Waals surface area (Å²) in [4.78, 5) is 30.1. The molecule has 1 aliphatic carbocycles. The predicted molar refractivity (Wildman–Crippen MR) is 161 cm³/mol. The minimum absolute atomic E-state index is 0.0449. The van der Waals surface area contributed by atoms with E-state index in [1.165, 1.54) is 17.9 Å². The van der Waals surface area contributed by atoms with Gasteiger partial charge in [-0.3, -0.25) is 9.59 Å². The summed E-state index contributed by atoms with van der Waals surface area (Å²) in [6.07, 6.45) is 6.71. The van der Waals surface area contributed by atoms with Gasteiger partial charge in [-0.2, -0.15) is 5.10 Å². The number of nitrogens with zero attached hydrogens (tertiary/aromatic N) is 4. The standard InChI is InChI=1S/C28H33BN5O5PS/c1-28(29,40)18-39-21-8-5-7-19(14-21)6-3-4-9-24-23(17-35)26(27(36)33(2)41(37,38)22-11-12-22)34(32-24)25-13-10-20(15-30)16-31-25/h5,7-8,10,13-17,22,30H,3-4,6,9,11-12,18,40H2,1-2H3. The van der Waals surface area contributed by atoms with Gasteiger partial charge in [-0.1, -0.05) is 19.1 Å². The zero-order chi connectivity index (χ0) is 29.8. The van der Waals surface area contributed by atoms with E-state index in [4.69, 9.17) is 18.0 Å². The van der Waals surface area contributed by atoms with Crippen molar-refractivity contribution in [2.24, 2.45) is 0 Å². The summed E-state index contributed by atoms with van der Waals surface area (Å²) in [5, 5.41) is 10.8. The Bertz CT molecular complexity index is 1530. The third-order valence-electron chi connectivity index (χ3n) is 6.66. The highest BCUT2D eigenvalue weighted by molar-refractivity contribution is 7.90. The summed E-state index contributed by atoms with van der Waals surface area (Å²) in [5.74, 6) is 0.131. The number of pyridine rings is 1. The smallest absolute Gasteiger partial charge is 0.286 e. The zero-order valence-electron chi connectivity index (χ0n) is 23.1. The molecule has 0 aliphatic heterocycles. The molecule has 1 amide bonds. The van der Waals surface area contributed by atoms with Crippen LogP contribution in [-0.2, 0) is 22.9 Å². The number of aromatic nitrogens is 3. The Morgan fingerprint density at radius 3 is 2.61 bits per heavy atom. The van der Waals surface area contributed by atoms with Crippen LogP contribution in [0.25, 0.3) is 5.82 Å². The molecule has 10 nitrogen and oxygen atoms in total. The molecule has 0 bridgehead atoms. The van der Waals surface area contributed by atoms with Gasteiger partial charge in [-0.05, 0) is 73.4 Å². The third-order valence-corrected chi connectivity index (χ3v) is 9.07. The number of hydrogen-bond acceptors (Lipinski definition) is 8. The molecule has 41 heavy (non-hydrogen) atoms. The molecule has 4 rings (SSSR count). The first kappa shape index (κ1) is 30.6. The number of amides is 1. The fourth-order valence-corrected chi connectivity index (χ4v) is 5.85. The highest BCUT2D eigenvalue weighted by Gasteiger charge is 2.42. The highest BCUT2D eigenvalue weighted by Crippen LogP contribution is 2.32. The van der Waals surface area contributed by atoms with Crippen LogP contribution in [0.1, 0.15) is 70.3 Å². The molecule has 0 saturated heterocycles. The molecule has 2 unspecified atom stereocenters. The number of rotatable bonds is 14. The van der Waals surface area contributed by atoms with E-state index < -0.39 is 26.2 Å². The van der Waals surface area contributed by atoms with Crippen LogP contribution in [0.15, 0.2) is 42.6 Å². The van der Waals surface area contributed by atoms with Gasteiger partial charge in [-0.15, -0.1) is 9.24 Å². The van der Waals surface area contributed by atoms with Gasteiger partial charge in [0.2, 0.25) is 10.0 Å². The molecule has 1 aliphatic rings. The minimum atomic E-state index is -3.85. The Labute approximate surface area is 244 Å². The summed E-state index contributed by atoms with van der Waals surface area (Å²) in [7, 11) is 5.88. The molecule has 2 atom stereocenters. The molecule has 13 heteroatoms. The summed E-state index contributed by atoms with van der Waals surface area (Å²) in [6, 6.07) is 11.0. The fourth-order valence-electron chi connectivity index (χ4n) is 4.27. The lowest BCUT2D eigenvalue weighted by atomic mass is 9.89. The first-order valence-electron chi connectivity index (χ1n) is 13.3. The number of aryl methyl sites for hydroxylation is 2. The van der Waals surface area contributed by atoms with Crippen LogP contribution in [0, 0.1) is 5.41 Å². The molecular formula is C28H33BN5O5PS. The van der Waals surface area contributed by atoms with Crippen LogP contribution < -0.4 is 4.74 Å². The van der Waals surface area contributed by atoms with E-state index in [0.717, 1.165) is 30.4 Å². The molecule has 2 radical (unpaired) electrons. The average Bonchev–Trinajstić information content (AvgIpc) is 3.75. The highest BCUT2D eigenvalue weighted by atomic mass is 32.2. The van der Waals surface area contributed by atoms with Crippen molar-refractivity contribution in [2.45, 2.75) is 55.8 Å². The molecule has 1 aromatic carbocycles. The van der Waals surface area contributed by atoms with Crippen LogP contribution in [0.2, 0.25) is 0 Å². The number of aldehydes is 1. The van der Waals surface area contributed by atoms with E-state index in [9.17, 15) is 18.0 Å². The van der Waals surface area contributed by atoms with E-state index in [1.807, 2.05) is 31.2 Å². The Hall–Kier alpha value is -3.37. The number of nitrogens with one attached hydrogen (secondary N) is 1. The second-order valence-electron chi connectivity index (χ2n) is 10.5. The molecule has 1 N–H and O–H groups in total. The maximum Gasteiger partial charge on any atom is 0.286 e. The van der Waals surface area contributed by atoms with Gasteiger partial charge in [0.15, 0.2) is 12.1 Å². The van der Waals surface area contributed by atoms with Gasteiger partial charge in [-0.25, -0.2) is 22.4 Å². The van der Waals surface area contributed by atoms with Crippen LogP contribution in [0.3, 0.4) is 0 Å². The molecule has 1 saturated carbocycles. The maximum atomic E-state index is 13.5. The van der Waals surface area contributed by atoms with Crippen molar-refractivity contribution in [1.82, 2.24) is 19.1 Å².